The lowest BCUT2D eigenvalue weighted by atomic mass is 9.92. The molecule has 1 heterocycles. The first-order valence-corrected chi connectivity index (χ1v) is 6.25. The second kappa shape index (κ2) is 5.66. The van der Waals surface area contributed by atoms with E-state index < -0.39 is 0 Å². The van der Waals surface area contributed by atoms with Gasteiger partial charge in [0, 0.05) is 31.2 Å². The number of piperazine rings is 1. The first kappa shape index (κ1) is 12.7. The maximum atomic E-state index is 3.86. The summed E-state index contributed by atoms with van der Waals surface area (Å²) in [5, 5.41) is 3.69. The van der Waals surface area contributed by atoms with Gasteiger partial charge in [-0.25, -0.2) is 0 Å². The summed E-state index contributed by atoms with van der Waals surface area (Å²) in [6.45, 7) is 14.0. The highest BCUT2D eigenvalue weighted by Gasteiger charge is 2.33. The van der Waals surface area contributed by atoms with Crippen LogP contribution in [0.5, 0.6) is 0 Å². The van der Waals surface area contributed by atoms with Crippen molar-refractivity contribution in [2.24, 2.45) is 0 Å². The van der Waals surface area contributed by atoms with Crippen LogP contribution in [-0.2, 0) is 0 Å². The minimum Gasteiger partial charge on any atom is -0.309 e. The quantitative estimate of drug-likeness (QED) is 0.701. The summed E-state index contributed by atoms with van der Waals surface area (Å²) < 4.78 is 0. The average molecular weight is 210 g/mol. The summed E-state index contributed by atoms with van der Waals surface area (Å²) in [5.41, 5.74) is 0.299. The van der Waals surface area contributed by atoms with E-state index in [1.54, 1.807) is 0 Å². The highest BCUT2D eigenvalue weighted by atomic mass is 15.2. The van der Waals surface area contributed by atoms with Gasteiger partial charge in [0.05, 0.1) is 0 Å². The summed E-state index contributed by atoms with van der Waals surface area (Å²) in [4.78, 5) is 2.58. The molecular weight excluding hydrogens is 184 g/mol. The Balaban J connectivity index is 2.60. The number of hydrogen-bond acceptors (Lipinski definition) is 2. The molecule has 1 saturated heterocycles. The molecule has 0 aromatic carbocycles. The molecule has 1 N–H and O–H groups in total. The number of rotatable bonds is 5. The van der Waals surface area contributed by atoms with Crippen molar-refractivity contribution in [2.45, 2.75) is 51.6 Å². The number of hydrogen-bond donors (Lipinski definition) is 1. The molecule has 0 amide bonds. The highest BCUT2D eigenvalue weighted by Crippen LogP contribution is 2.20. The summed E-state index contributed by atoms with van der Waals surface area (Å²) in [6.07, 6.45) is 5.78. The van der Waals surface area contributed by atoms with Gasteiger partial charge in [-0.1, -0.05) is 26.3 Å². The van der Waals surface area contributed by atoms with Crippen molar-refractivity contribution >= 4 is 0 Å². The fraction of sp³-hybridized carbons (Fsp3) is 0.846. The van der Waals surface area contributed by atoms with Crippen LogP contribution >= 0.6 is 0 Å². The Morgan fingerprint density at radius 3 is 2.80 bits per heavy atom. The third-order valence-electron chi connectivity index (χ3n) is 3.60. The molecule has 0 aromatic rings. The Morgan fingerprint density at radius 1 is 1.53 bits per heavy atom. The van der Waals surface area contributed by atoms with Crippen molar-refractivity contribution in [3.05, 3.63) is 12.7 Å². The summed E-state index contributed by atoms with van der Waals surface area (Å²) >= 11 is 0. The highest BCUT2D eigenvalue weighted by molar-refractivity contribution is 4.95. The molecular formula is C13H26N2. The van der Waals surface area contributed by atoms with Crippen LogP contribution in [0.15, 0.2) is 12.7 Å². The molecule has 0 aromatic heterocycles. The second-order valence-electron chi connectivity index (χ2n) is 4.96. The third-order valence-corrected chi connectivity index (χ3v) is 3.60. The molecule has 15 heavy (non-hydrogen) atoms. The standard InChI is InChI=1S/C13H26N2/c1-5-8-12-10-14-13(4,7-3)11-15(12)9-6-2/h6,12,14H,2,5,7-11H2,1,3-4H3. The van der Waals surface area contributed by atoms with E-state index in [0.717, 1.165) is 19.6 Å². The zero-order chi connectivity index (χ0) is 11.3. The van der Waals surface area contributed by atoms with Crippen LogP contribution in [0.2, 0.25) is 0 Å². The summed E-state index contributed by atoms with van der Waals surface area (Å²) in [7, 11) is 0. The number of nitrogens with zero attached hydrogens (tertiary/aromatic N) is 1. The van der Waals surface area contributed by atoms with E-state index in [-0.39, 0.29) is 0 Å². The first-order chi connectivity index (χ1) is 7.15. The lowest BCUT2D eigenvalue weighted by Crippen LogP contribution is -2.62. The van der Waals surface area contributed by atoms with Crippen LogP contribution in [0.1, 0.15) is 40.0 Å². The van der Waals surface area contributed by atoms with Gasteiger partial charge < -0.3 is 5.32 Å². The topological polar surface area (TPSA) is 15.3 Å². The Hall–Kier alpha value is -0.340. The Bertz CT molecular complexity index is 203. The molecule has 2 heteroatoms. The summed E-state index contributed by atoms with van der Waals surface area (Å²) in [5.74, 6) is 0. The van der Waals surface area contributed by atoms with Crippen LogP contribution in [0.3, 0.4) is 0 Å². The maximum absolute atomic E-state index is 3.86. The SMILES string of the molecule is C=CCN1CC(C)(CC)NCC1CCC. The normalized spacial score (nSPS) is 32.9. The van der Waals surface area contributed by atoms with Gasteiger partial charge in [0.1, 0.15) is 0 Å². The zero-order valence-corrected chi connectivity index (χ0v) is 10.6. The van der Waals surface area contributed by atoms with Crippen molar-refractivity contribution in [2.75, 3.05) is 19.6 Å². The molecule has 1 fully saturated rings. The zero-order valence-electron chi connectivity index (χ0n) is 10.6. The molecule has 0 radical (unpaired) electrons. The number of nitrogens with one attached hydrogen (secondary N) is 1. The van der Waals surface area contributed by atoms with Crippen molar-refractivity contribution < 1.29 is 0 Å². The van der Waals surface area contributed by atoms with Gasteiger partial charge in [0.2, 0.25) is 0 Å². The van der Waals surface area contributed by atoms with Gasteiger partial charge in [-0.05, 0) is 19.8 Å². The van der Waals surface area contributed by atoms with Crippen LogP contribution in [0, 0.1) is 0 Å². The largest absolute Gasteiger partial charge is 0.309 e. The van der Waals surface area contributed by atoms with Crippen LogP contribution in [0.25, 0.3) is 0 Å². The molecule has 1 rings (SSSR count). The minimum absolute atomic E-state index is 0.299. The monoisotopic (exact) mass is 210 g/mol. The summed E-state index contributed by atoms with van der Waals surface area (Å²) in [6, 6.07) is 0.702. The third kappa shape index (κ3) is 3.32. The van der Waals surface area contributed by atoms with E-state index in [1.165, 1.54) is 19.3 Å². The van der Waals surface area contributed by atoms with Crippen molar-refractivity contribution in [1.82, 2.24) is 10.2 Å². The Labute approximate surface area is 94.7 Å². The van der Waals surface area contributed by atoms with E-state index in [1.807, 2.05) is 6.08 Å². The fourth-order valence-electron chi connectivity index (χ4n) is 2.36. The van der Waals surface area contributed by atoms with Gasteiger partial charge in [-0.3, -0.25) is 4.90 Å². The van der Waals surface area contributed by atoms with Gasteiger partial charge >= 0.3 is 0 Å². The smallest absolute Gasteiger partial charge is 0.0278 e. The molecule has 2 nitrogen and oxygen atoms in total. The fourth-order valence-corrected chi connectivity index (χ4v) is 2.36. The van der Waals surface area contributed by atoms with Gasteiger partial charge in [0.25, 0.3) is 0 Å². The van der Waals surface area contributed by atoms with Crippen LogP contribution < -0.4 is 5.32 Å². The predicted molar refractivity (Wildman–Crippen MR) is 67.2 cm³/mol. The molecule has 1 aliphatic rings. The molecule has 0 spiro atoms. The maximum Gasteiger partial charge on any atom is 0.0278 e. The van der Waals surface area contributed by atoms with E-state index in [0.29, 0.717) is 11.6 Å². The van der Waals surface area contributed by atoms with Gasteiger partial charge in [-0.2, -0.15) is 0 Å². The van der Waals surface area contributed by atoms with Gasteiger partial charge in [-0.15, -0.1) is 6.58 Å². The van der Waals surface area contributed by atoms with E-state index >= 15 is 0 Å². The van der Waals surface area contributed by atoms with Crippen molar-refractivity contribution in [3.63, 3.8) is 0 Å². The molecule has 0 saturated carbocycles. The molecule has 0 bridgehead atoms. The molecule has 0 aliphatic carbocycles. The second-order valence-corrected chi connectivity index (χ2v) is 4.96. The lowest BCUT2D eigenvalue weighted by molar-refractivity contribution is 0.0903. The van der Waals surface area contributed by atoms with Crippen LogP contribution in [-0.4, -0.2) is 36.1 Å². The lowest BCUT2D eigenvalue weighted by Gasteiger charge is -2.45. The van der Waals surface area contributed by atoms with Crippen molar-refractivity contribution in [1.29, 1.82) is 0 Å². The Morgan fingerprint density at radius 2 is 2.27 bits per heavy atom. The Kier molecular flexibility index (Phi) is 4.81. The van der Waals surface area contributed by atoms with E-state index in [2.05, 4.69) is 37.6 Å². The van der Waals surface area contributed by atoms with Crippen LogP contribution in [0.4, 0.5) is 0 Å². The molecule has 2 unspecified atom stereocenters. The van der Waals surface area contributed by atoms with Gasteiger partial charge in [0.15, 0.2) is 0 Å². The molecule has 88 valence electrons. The minimum atomic E-state index is 0.299. The molecule has 2 atom stereocenters. The average Bonchev–Trinajstić information content (AvgIpc) is 2.23. The predicted octanol–water partition coefficient (Wildman–Crippen LogP) is 2.42. The first-order valence-electron chi connectivity index (χ1n) is 6.25. The van der Waals surface area contributed by atoms with E-state index in [9.17, 15) is 0 Å². The van der Waals surface area contributed by atoms with Crippen molar-refractivity contribution in [3.8, 4) is 0 Å². The van der Waals surface area contributed by atoms with E-state index in [4.69, 9.17) is 0 Å². The molecule has 1 aliphatic heterocycles.